The first-order chi connectivity index (χ1) is 16.1. The summed E-state index contributed by atoms with van der Waals surface area (Å²) in [5.74, 6) is -0.414. The molecule has 1 aliphatic rings. The van der Waals surface area contributed by atoms with Gasteiger partial charge in [-0.05, 0) is 42.5 Å². The van der Waals surface area contributed by atoms with Gasteiger partial charge in [-0.2, -0.15) is 0 Å². The average Bonchev–Trinajstić information content (AvgIpc) is 2.78. The highest BCUT2D eigenvalue weighted by atomic mass is 32.2. The number of ether oxygens (including phenoxy) is 3. The van der Waals surface area contributed by atoms with Gasteiger partial charge in [0.25, 0.3) is 15.9 Å². The van der Waals surface area contributed by atoms with Crippen LogP contribution in [0.3, 0.4) is 0 Å². The number of sulfonamides is 1. The molecule has 0 atom stereocenters. The summed E-state index contributed by atoms with van der Waals surface area (Å²) in [5.41, 5.74) is 0.246. The van der Waals surface area contributed by atoms with Crippen LogP contribution in [0.5, 0.6) is 17.2 Å². The van der Waals surface area contributed by atoms with E-state index in [0.717, 1.165) is 12.1 Å². The van der Waals surface area contributed by atoms with Crippen molar-refractivity contribution in [3.63, 3.8) is 0 Å². The zero-order valence-corrected chi connectivity index (χ0v) is 18.1. The first-order valence-corrected chi connectivity index (χ1v) is 11.3. The fourth-order valence-corrected chi connectivity index (χ4v) is 4.17. The molecule has 0 saturated heterocycles. The maximum atomic E-state index is 12.8. The molecule has 0 fully saturated rings. The largest absolute Gasteiger partial charge is 0.573 e. The SMILES string of the molecule is O=C(Nc1cccc(OC(F)(F)F)c1)c1cccc(NS(=O)(=O)c2ccc3c(c2)OCCO3)c1. The molecule has 1 heterocycles. The standard InChI is InChI=1S/C22H17F3N2O6S/c23-22(24,25)33-17-6-2-4-15(12-17)26-21(28)14-3-1-5-16(11-14)27-34(29,30)18-7-8-19-20(13-18)32-10-9-31-19/h1-8,11-13,27H,9-10H2,(H,26,28). The molecule has 0 saturated carbocycles. The average molecular weight is 494 g/mol. The second kappa shape index (κ2) is 9.14. The molecule has 178 valence electrons. The third kappa shape index (κ3) is 5.70. The van der Waals surface area contributed by atoms with Gasteiger partial charge in [0, 0.05) is 29.1 Å². The van der Waals surface area contributed by atoms with Crippen molar-refractivity contribution in [3.05, 3.63) is 72.3 Å². The Morgan fingerprint density at radius 1 is 0.882 bits per heavy atom. The van der Waals surface area contributed by atoms with Gasteiger partial charge in [-0.25, -0.2) is 8.42 Å². The van der Waals surface area contributed by atoms with Gasteiger partial charge in [0.1, 0.15) is 19.0 Å². The number of carbonyl (C=O) groups is 1. The molecule has 8 nitrogen and oxygen atoms in total. The fourth-order valence-electron chi connectivity index (χ4n) is 3.10. The minimum Gasteiger partial charge on any atom is -0.486 e. The maximum absolute atomic E-state index is 12.8. The molecule has 34 heavy (non-hydrogen) atoms. The van der Waals surface area contributed by atoms with E-state index in [1.807, 2.05) is 0 Å². The van der Waals surface area contributed by atoms with Gasteiger partial charge >= 0.3 is 6.36 Å². The number of carbonyl (C=O) groups excluding carboxylic acids is 1. The molecule has 3 aromatic rings. The summed E-state index contributed by atoms with van der Waals surface area (Å²) in [6.07, 6.45) is -4.87. The van der Waals surface area contributed by atoms with E-state index in [-0.39, 0.29) is 21.8 Å². The number of alkyl halides is 3. The van der Waals surface area contributed by atoms with E-state index in [0.29, 0.717) is 24.7 Å². The minimum absolute atomic E-state index is 0.0620. The van der Waals surface area contributed by atoms with E-state index in [2.05, 4.69) is 14.8 Å². The zero-order valence-electron chi connectivity index (χ0n) is 17.3. The molecule has 0 bridgehead atoms. The van der Waals surface area contributed by atoms with Crippen LogP contribution in [0.2, 0.25) is 0 Å². The molecule has 0 unspecified atom stereocenters. The quantitative estimate of drug-likeness (QED) is 0.526. The van der Waals surface area contributed by atoms with Crippen LogP contribution in [0.15, 0.2) is 71.6 Å². The van der Waals surface area contributed by atoms with Crippen molar-refractivity contribution < 1.29 is 40.6 Å². The number of fused-ring (bicyclic) bond motifs is 1. The van der Waals surface area contributed by atoms with Crippen molar-refractivity contribution in [2.45, 2.75) is 11.3 Å². The van der Waals surface area contributed by atoms with E-state index in [4.69, 9.17) is 9.47 Å². The monoisotopic (exact) mass is 494 g/mol. The lowest BCUT2D eigenvalue weighted by molar-refractivity contribution is -0.274. The number of amides is 1. The molecule has 0 spiro atoms. The van der Waals surface area contributed by atoms with Gasteiger partial charge in [0.15, 0.2) is 11.5 Å². The molecule has 4 rings (SSSR count). The Hall–Kier alpha value is -3.93. The Labute approximate surface area is 192 Å². The van der Waals surface area contributed by atoms with Crippen molar-refractivity contribution in [1.82, 2.24) is 0 Å². The number of nitrogens with one attached hydrogen (secondary N) is 2. The van der Waals surface area contributed by atoms with E-state index in [9.17, 15) is 26.4 Å². The van der Waals surface area contributed by atoms with Crippen molar-refractivity contribution in [2.24, 2.45) is 0 Å². The van der Waals surface area contributed by atoms with Crippen LogP contribution < -0.4 is 24.2 Å². The normalized spacial score (nSPS) is 13.1. The molecule has 1 amide bonds. The molecular formula is C22H17F3N2O6S. The lowest BCUT2D eigenvalue weighted by Crippen LogP contribution is -2.18. The molecular weight excluding hydrogens is 477 g/mol. The third-order valence-corrected chi connectivity index (χ3v) is 5.91. The Bertz CT molecular complexity index is 1330. The first kappa shape index (κ1) is 23.2. The maximum Gasteiger partial charge on any atom is 0.573 e. The van der Waals surface area contributed by atoms with Gasteiger partial charge in [-0.3, -0.25) is 9.52 Å². The molecule has 1 aliphatic heterocycles. The number of anilines is 2. The van der Waals surface area contributed by atoms with E-state index < -0.39 is 28.0 Å². The van der Waals surface area contributed by atoms with Crippen LogP contribution >= 0.6 is 0 Å². The highest BCUT2D eigenvalue weighted by molar-refractivity contribution is 7.92. The van der Waals surface area contributed by atoms with Crippen molar-refractivity contribution in [3.8, 4) is 17.2 Å². The Kier molecular flexibility index (Phi) is 6.24. The second-order valence-corrected chi connectivity index (χ2v) is 8.70. The smallest absolute Gasteiger partial charge is 0.486 e. The summed E-state index contributed by atoms with van der Waals surface area (Å²) in [5, 5.41) is 2.45. The molecule has 2 N–H and O–H groups in total. The summed E-state index contributed by atoms with van der Waals surface area (Å²) in [4.78, 5) is 12.5. The summed E-state index contributed by atoms with van der Waals surface area (Å²) < 4.78 is 79.8. The van der Waals surface area contributed by atoms with Crippen LogP contribution in [-0.4, -0.2) is 33.9 Å². The number of halogens is 3. The van der Waals surface area contributed by atoms with Gasteiger partial charge < -0.3 is 19.5 Å². The van der Waals surface area contributed by atoms with Crippen molar-refractivity contribution in [1.29, 1.82) is 0 Å². The lowest BCUT2D eigenvalue weighted by atomic mass is 10.2. The number of hydrogen-bond donors (Lipinski definition) is 2. The van der Waals surface area contributed by atoms with E-state index in [1.165, 1.54) is 54.6 Å². The highest BCUT2D eigenvalue weighted by Crippen LogP contribution is 2.33. The van der Waals surface area contributed by atoms with Gasteiger partial charge in [0.05, 0.1) is 4.90 Å². The summed E-state index contributed by atoms with van der Waals surface area (Å²) in [6, 6.07) is 14.6. The Morgan fingerprint density at radius 3 is 2.35 bits per heavy atom. The predicted octanol–water partition coefficient (Wildman–Crippen LogP) is 4.41. The zero-order chi connectivity index (χ0) is 24.3. The van der Waals surface area contributed by atoms with Crippen LogP contribution in [0.4, 0.5) is 24.5 Å². The van der Waals surface area contributed by atoms with E-state index >= 15 is 0 Å². The topological polar surface area (TPSA) is 103 Å². The molecule has 3 aromatic carbocycles. The number of benzene rings is 3. The molecule has 0 aliphatic carbocycles. The van der Waals surface area contributed by atoms with Gasteiger partial charge in [0.2, 0.25) is 0 Å². The minimum atomic E-state index is -4.87. The molecule has 12 heteroatoms. The Morgan fingerprint density at radius 2 is 1.59 bits per heavy atom. The second-order valence-electron chi connectivity index (χ2n) is 7.02. The highest BCUT2D eigenvalue weighted by Gasteiger charge is 2.31. The third-order valence-electron chi connectivity index (χ3n) is 4.53. The summed E-state index contributed by atoms with van der Waals surface area (Å²) >= 11 is 0. The van der Waals surface area contributed by atoms with Crippen LogP contribution in [0.1, 0.15) is 10.4 Å². The summed E-state index contributed by atoms with van der Waals surface area (Å²) in [7, 11) is -4.01. The van der Waals surface area contributed by atoms with Crippen LogP contribution in [-0.2, 0) is 10.0 Å². The Balaban J connectivity index is 1.49. The molecule has 0 radical (unpaired) electrons. The van der Waals surface area contributed by atoms with Crippen LogP contribution in [0, 0.1) is 0 Å². The van der Waals surface area contributed by atoms with E-state index in [1.54, 1.807) is 0 Å². The lowest BCUT2D eigenvalue weighted by Gasteiger charge is -2.19. The van der Waals surface area contributed by atoms with Gasteiger partial charge in [-0.1, -0.05) is 12.1 Å². The summed E-state index contributed by atoms with van der Waals surface area (Å²) in [6.45, 7) is 0.665. The van der Waals surface area contributed by atoms with Crippen molar-refractivity contribution in [2.75, 3.05) is 23.3 Å². The fraction of sp³-hybridized carbons (Fsp3) is 0.136. The number of rotatable bonds is 6. The van der Waals surface area contributed by atoms with Gasteiger partial charge in [-0.15, -0.1) is 13.2 Å². The first-order valence-electron chi connectivity index (χ1n) is 9.79. The van der Waals surface area contributed by atoms with Crippen LogP contribution in [0.25, 0.3) is 0 Å². The predicted molar refractivity (Wildman–Crippen MR) is 116 cm³/mol. The van der Waals surface area contributed by atoms with Crippen molar-refractivity contribution >= 4 is 27.3 Å². The number of hydrogen-bond acceptors (Lipinski definition) is 6. The molecule has 0 aromatic heterocycles.